The van der Waals surface area contributed by atoms with Crippen molar-refractivity contribution >= 4 is 11.6 Å². The highest BCUT2D eigenvalue weighted by Gasteiger charge is 2.13. The van der Waals surface area contributed by atoms with Gasteiger partial charge >= 0.3 is 0 Å². The molecular formula is C16H31N5. The van der Waals surface area contributed by atoms with Crippen LogP contribution in [0.1, 0.15) is 52.0 Å². The van der Waals surface area contributed by atoms with Crippen molar-refractivity contribution in [3.8, 4) is 0 Å². The van der Waals surface area contributed by atoms with E-state index in [1.54, 1.807) is 6.33 Å². The molecule has 5 nitrogen and oxygen atoms in total. The van der Waals surface area contributed by atoms with Crippen LogP contribution in [-0.4, -0.2) is 48.1 Å². The van der Waals surface area contributed by atoms with Crippen molar-refractivity contribution in [1.29, 1.82) is 0 Å². The fourth-order valence-electron chi connectivity index (χ4n) is 2.23. The van der Waals surface area contributed by atoms with Crippen LogP contribution in [0, 0.1) is 0 Å². The number of anilines is 2. The summed E-state index contributed by atoms with van der Waals surface area (Å²) in [5.74, 6) is 2.27. The zero-order chi connectivity index (χ0) is 15.8. The molecule has 0 aliphatic carbocycles. The highest BCUT2D eigenvalue weighted by molar-refractivity contribution is 5.58. The maximum Gasteiger partial charge on any atom is 0.134 e. The summed E-state index contributed by atoms with van der Waals surface area (Å²) in [6.07, 6.45) is 3.96. The minimum Gasteiger partial charge on any atom is -0.373 e. The monoisotopic (exact) mass is 293 g/mol. The van der Waals surface area contributed by atoms with Gasteiger partial charge in [-0.3, -0.25) is 0 Å². The van der Waals surface area contributed by atoms with Gasteiger partial charge in [0.15, 0.2) is 0 Å². The molecule has 1 aromatic heterocycles. The first-order valence-electron chi connectivity index (χ1n) is 7.94. The number of nitrogens with zero attached hydrogens (tertiary/aromatic N) is 3. The zero-order valence-corrected chi connectivity index (χ0v) is 14.4. The Hall–Kier alpha value is -1.36. The predicted molar refractivity (Wildman–Crippen MR) is 91.2 cm³/mol. The van der Waals surface area contributed by atoms with E-state index in [4.69, 9.17) is 0 Å². The third-order valence-corrected chi connectivity index (χ3v) is 3.81. The molecule has 0 aliphatic heterocycles. The van der Waals surface area contributed by atoms with E-state index in [1.165, 1.54) is 12.0 Å². The van der Waals surface area contributed by atoms with E-state index in [0.717, 1.165) is 31.1 Å². The van der Waals surface area contributed by atoms with E-state index < -0.39 is 0 Å². The van der Waals surface area contributed by atoms with Crippen LogP contribution in [0.15, 0.2) is 6.33 Å². The van der Waals surface area contributed by atoms with Crippen LogP contribution in [0.3, 0.4) is 0 Å². The second-order valence-electron chi connectivity index (χ2n) is 6.10. The number of hydrogen-bond donors (Lipinski definition) is 2. The number of unbranched alkanes of at least 4 members (excludes halogenated alkanes) is 1. The molecule has 21 heavy (non-hydrogen) atoms. The molecule has 0 bridgehead atoms. The van der Waals surface area contributed by atoms with Gasteiger partial charge in [-0.25, -0.2) is 9.97 Å². The molecule has 5 heteroatoms. The van der Waals surface area contributed by atoms with Crippen LogP contribution in [-0.2, 0) is 0 Å². The van der Waals surface area contributed by atoms with Crippen molar-refractivity contribution in [2.75, 3.05) is 37.8 Å². The van der Waals surface area contributed by atoms with E-state index in [9.17, 15) is 0 Å². The van der Waals surface area contributed by atoms with Crippen LogP contribution < -0.4 is 10.6 Å². The van der Waals surface area contributed by atoms with Crippen molar-refractivity contribution in [2.45, 2.75) is 52.5 Å². The Morgan fingerprint density at radius 3 is 2.33 bits per heavy atom. The van der Waals surface area contributed by atoms with E-state index in [1.807, 2.05) is 7.05 Å². The van der Waals surface area contributed by atoms with Gasteiger partial charge in [-0.2, -0.15) is 0 Å². The Labute approximate surface area is 129 Å². The number of aromatic nitrogens is 2. The Kier molecular flexibility index (Phi) is 7.43. The molecule has 120 valence electrons. The first-order chi connectivity index (χ1) is 9.97. The fourth-order valence-corrected chi connectivity index (χ4v) is 2.23. The first kappa shape index (κ1) is 17.7. The summed E-state index contributed by atoms with van der Waals surface area (Å²) in [4.78, 5) is 11.1. The van der Waals surface area contributed by atoms with Crippen LogP contribution in [0.4, 0.5) is 11.6 Å². The Morgan fingerprint density at radius 1 is 1.10 bits per heavy atom. The van der Waals surface area contributed by atoms with Gasteiger partial charge in [0.05, 0.1) is 0 Å². The summed E-state index contributed by atoms with van der Waals surface area (Å²) in [6.45, 7) is 10.9. The highest BCUT2D eigenvalue weighted by Crippen LogP contribution is 2.27. The van der Waals surface area contributed by atoms with Gasteiger partial charge in [0, 0.05) is 25.2 Å². The van der Waals surface area contributed by atoms with Gasteiger partial charge in [0.2, 0.25) is 0 Å². The molecule has 0 saturated carbocycles. The normalized spacial score (nSPS) is 11.5. The van der Waals surface area contributed by atoms with Crippen LogP contribution in [0.25, 0.3) is 0 Å². The maximum atomic E-state index is 4.40. The SMILES string of the molecule is CNc1ncnc(NCCCCN(C)C(C)C)c1C(C)C. The van der Waals surface area contributed by atoms with E-state index >= 15 is 0 Å². The summed E-state index contributed by atoms with van der Waals surface area (Å²) >= 11 is 0. The predicted octanol–water partition coefficient (Wildman–Crippen LogP) is 3.17. The quantitative estimate of drug-likeness (QED) is 0.685. The molecule has 0 spiro atoms. The van der Waals surface area contributed by atoms with Crippen LogP contribution in [0.2, 0.25) is 0 Å². The van der Waals surface area contributed by atoms with E-state index in [2.05, 4.69) is 60.2 Å². The van der Waals surface area contributed by atoms with Crippen molar-refractivity contribution in [3.05, 3.63) is 11.9 Å². The lowest BCUT2D eigenvalue weighted by Crippen LogP contribution is -2.27. The topological polar surface area (TPSA) is 53.1 Å². The number of nitrogens with one attached hydrogen (secondary N) is 2. The molecule has 1 heterocycles. The second-order valence-corrected chi connectivity index (χ2v) is 6.10. The second kappa shape index (κ2) is 8.82. The van der Waals surface area contributed by atoms with Gasteiger partial charge in [-0.1, -0.05) is 13.8 Å². The molecule has 0 atom stereocenters. The van der Waals surface area contributed by atoms with Gasteiger partial charge in [0.1, 0.15) is 18.0 Å². The van der Waals surface area contributed by atoms with Gasteiger partial charge < -0.3 is 15.5 Å². The average Bonchev–Trinajstić information content (AvgIpc) is 2.45. The average molecular weight is 293 g/mol. The molecule has 0 unspecified atom stereocenters. The first-order valence-corrected chi connectivity index (χ1v) is 7.94. The fraction of sp³-hybridized carbons (Fsp3) is 0.750. The summed E-state index contributed by atoms with van der Waals surface area (Å²) in [5, 5.41) is 6.61. The molecule has 0 aliphatic rings. The summed E-state index contributed by atoms with van der Waals surface area (Å²) in [6, 6.07) is 0.616. The van der Waals surface area contributed by atoms with Crippen LogP contribution in [0.5, 0.6) is 0 Å². The maximum absolute atomic E-state index is 4.40. The van der Waals surface area contributed by atoms with Gasteiger partial charge in [-0.05, 0) is 46.2 Å². The number of hydrogen-bond acceptors (Lipinski definition) is 5. The van der Waals surface area contributed by atoms with E-state index in [0.29, 0.717) is 12.0 Å². The zero-order valence-electron chi connectivity index (χ0n) is 14.4. The number of rotatable bonds is 9. The Balaban J connectivity index is 2.49. The van der Waals surface area contributed by atoms with Crippen molar-refractivity contribution < 1.29 is 0 Å². The molecule has 1 rings (SSSR count). The third kappa shape index (κ3) is 5.50. The third-order valence-electron chi connectivity index (χ3n) is 3.81. The standard InChI is InChI=1S/C16H31N5/c1-12(2)14-15(17-5)19-11-20-16(14)18-9-7-8-10-21(6)13(3)4/h11-13H,7-10H2,1-6H3,(H2,17,18,19,20). The Morgan fingerprint density at radius 2 is 1.76 bits per heavy atom. The summed E-state index contributed by atoms with van der Waals surface area (Å²) < 4.78 is 0. The lowest BCUT2D eigenvalue weighted by atomic mass is 10.0. The lowest BCUT2D eigenvalue weighted by Gasteiger charge is -2.21. The van der Waals surface area contributed by atoms with Gasteiger partial charge in [0.25, 0.3) is 0 Å². The van der Waals surface area contributed by atoms with Crippen molar-refractivity contribution in [1.82, 2.24) is 14.9 Å². The molecule has 0 radical (unpaired) electrons. The highest BCUT2D eigenvalue weighted by atomic mass is 15.1. The molecule has 0 fully saturated rings. The molecule has 2 N–H and O–H groups in total. The lowest BCUT2D eigenvalue weighted by molar-refractivity contribution is 0.269. The largest absolute Gasteiger partial charge is 0.373 e. The smallest absolute Gasteiger partial charge is 0.134 e. The van der Waals surface area contributed by atoms with Crippen molar-refractivity contribution in [2.24, 2.45) is 0 Å². The summed E-state index contributed by atoms with van der Waals surface area (Å²) in [7, 11) is 4.08. The van der Waals surface area contributed by atoms with E-state index in [-0.39, 0.29) is 0 Å². The Bertz CT molecular complexity index is 417. The molecule has 0 saturated heterocycles. The van der Waals surface area contributed by atoms with Crippen LogP contribution >= 0.6 is 0 Å². The minimum atomic E-state index is 0.392. The summed E-state index contributed by atoms with van der Waals surface area (Å²) in [5.41, 5.74) is 1.17. The molecule has 0 aromatic carbocycles. The van der Waals surface area contributed by atoms with Gasteiger partial charge in [-0.15, -0.1) is 0 Å². The molecule has 0 amide bonds. The molecule has 1 aromatic rings. The van der Waals surface area contributed by atoms with Crippen molar-refractivity contribution in [3.63, 3.8) is 0 Å². The molecular weight excluding hydrogens is 262 g/mol. The minimum absolute atomic E-state index is 0.392.